The molecule has 0 N–H and O–H groups in total. The second-order valence-corrected chi connectivity index (χ2v) is 8.53. The normalized spacial score (nSPS) is 17.1. The monoisotopic (exact) mass is 415 g/mol. The van der Waals surface area contributed by atoms with Crippen LogP contribution in [0.15, 0.2) is 30.3 Å². The highest BCUT2D eigenvalue weighted by Gasteiger charge is 2.37. The number of hydrogen-bond acceptors (Lipinski definition) is 5. The molecule has 1 aliphatic heterocycles. The molecule has 0 unspecified atom stereocenters. The zero-order chi connectivity index (χ0) is 20.0. The highest BCUT2D eigenvalue weighted by Crippen LogP contribution is 2.46. The van der Waals surface area contributed by atoms with Crippen molar-refractivity contribution in [3.05, 3.63) is 35.9 Å². The van der Waals surface area contributed by atoms with Crippen molar-refractivity contribution < 1.29 is 26.0 Å². The van der Waals surface area contributed by atoms with Crippen molar-refractivity contribution in [2.75, 3.05) is 17.3 Å². The minimum absolute atomic E-state index is 0.185. The van der Waals surface area contributed by atoms with E-state index >= 15 is 0 Å². The minimum atomic E-state index is -5.23. The first-order valence-corrected chi connectivity index (χ1v) is 10.1. The Morgan fingerprint density at radius 1 is 1.30 bits per heavy atom. The van der Waals surface area contributed by atoms with E-state index in [9.17, 15) is 17.1 Å². The Balaban J connectivity index is 2.20. The molecule has 0 spiro atoms. The van der Waals surface area contributed by atoms with E-state index in [1.807, 2.05) is 0 Å². The molecule has 0 aliphatic carbocycles. The lowest BCUT2D eigenvalue weighted by Crippen LogP contribution is -2.36. The molecule has 9 heteroatoms. The first-order valence-electron chi connectivity index (χ1n) is 8.26. The van der Waals surface area contributed by atoms with E-state index in [1.165, 1.54) is 11.0 Å². The average molecular weight is 416 g/mol. The number of hydrogen-bond donors (Lipinski definition) is 0. The lowest BCUT2D eigenvalue weighted by atomic mass is 9.95. The topological polar surface area (TPSA) is 72.9 Å². The number of fused-ring (bicyclic) bond motifs is 3. The molecule has 2 aromatic carbocycles. The zero-order valence-corrected chi connectivity index (χ0v) is 16.6. The van der Waals surface area contributed by atoms with E-state index in [0.29, 0.717) is 16.5 Å². The maximum Gasteiger partial charge on any atom is 0.488 e. The van der Waals surface area contributed by atoms with Gasteiger partial charge in [0, 0.05) is 29.8 Å². The van der Waals surface area contributed by atoms with E-state index in [2.05, 4.69) is 4.18 Å². The number of ether oxygens (including phenoxy) is 1. The van der Waals surface area contributed by atoms with Crippen LogP contribution in [0.4, 0.5) is 14.4 Å². The largest absolute Gasteiger partial charge is 0.488 e. The molecule has 2 aromatic rings. The van der Waals surface area contributed by atoms with Gasteiger partial charge in [-0.25, -0.2) is 4.79 Å². The van der Waals surface area contributed by atoms with Gasteiger partial charge in [-0.2, -0.15) is 8.42 Å². The summed E-state index contributed by atoms with van der Waals surface area (Å²) in [4.78, 5) is 14.0. The van der Waals surface area contributed by atoms with Crippen molar-refractivity contribution in [2.45, 2.75) is 32.3 Å². The molecular weight excluding hydrogens is 397 g/mol. The van der Waals surface area contributed by atoms with Gasteiger partial charge in [0.15, 0.2) is 5.75 Å². The molecule has 0 saturated heterocycles. The molecule has 146 valence electrons. The van der Waals surface area contributed by atoms with E-state index < -0.39 is 22.2 Å². The number of amides is 1. The summed E-state index contributed by atoms with van der Waals surface area (Å²) in [6, 6.07) is 8.16. The molecule has 1 atom stereocenters. The Kier molecular flexibility index (Phi) is 4.98. The summed E-state index contributed by atoms with van der Waals surface area (Å²) < 4.78 is 45.3. The maximum absolute atomic E-state index is 13.2. The number of carbonyl (C=O) groups is 1. The van der Waals surface area contributed by atoms with Crippen molar-refractivity contribution in [1.29, 1.82) is 0 Å². The average Bonchev–Trinajstić information content (AvgIpc) is 2.91. The predicted octanol–water partition coefficient (Wildman–Crippen LogP) is 4.51. The summed E-state index contributed by atoms with van der Waals surface area (Å²) >= 11 is 6.12. The third-order valence-electron chi connectivity index (χ3n) is 4.12. The Bertz CT molecular complexity index is 1000. The van der Waals surface area contributed by atoms with Gasteiger partial charge in [-0.3, -0.25) is 4.90 Å². The number of rotatable bonds is 3. The van der Waals surface area contributed by atoms with Crippen LogP contribution in [0.3, 0.4) is 0 Å². The molecule has 0 aromatic heterocycles. The molecule has 3 rings (SSSR count). The smallest absolute Gasteiger partial charge is 0.443 e. The van der Waals surface area contributed by atoms with Crippen LogP contribution in [0.25, 0.3) is 10.8 Å². The second kappa shape index (κ2) is 6.83. The third kappa shape index (κ3) is 4.11. The van der Waals surface area contributed by atoms with Crippen LogP contribution >= 0.6 is 11.6 Å². The molecule has 1 amide bonds. The summed E-state index contributed by atoms with van der Waals surface area (Å²) in [5.41, 5.74) is 0.455. The zero-order valence-electron chi connectivity index (χ0n) is 15.0. The van der Waals surface area contributed by atoms with Crippen LogP contribution in [0, 0.1) is 0 Å². The number of alkyl halides is 1. The molecular formula is C18H19ClFNO5S. The van der Waals surface area contributed by atoms with Gasteiger partial charge in [-0.05, 0) is 31.7 Å². The first-order chi connectivity index (χ1) is 12.5. The van der Waals surface area contributed by atoms with Gasteiger partial charge >= 0.3 is 16.6 Å². The van der Waals surface area contributed by atoms with Gasteiger partial charge in [0.2, 0.25) is 0 Å². The van der Waals surface area contributed by atoms with Crippen molar-refractivity contribution in [3.63, 3.8) is 0 Å². The minimum Gasteiger partial charge on any atom is -0.443 e. The van der Waals surface area contributed by atoms with Gasteiger partial charge in [0.25, 0.3) is 0 Å². The van der Waals surface area contributed by atoms with Crippen molar-refractivity contribution >= 4 is 44.7 Å². The van der Waals surface area contributed by atoms with E-state index in [0.717, 1.165) is 5.56 Å². The lowest BCUT2D eigenvalue weighted by molar-refractivity contribution is 0.0582. The molecule has 6 nitrogen and oxygen atoms in total. The second-order valence-electron chi connectivity index (χ2n) is 7.27. The molecule has 1 aliphatic rings. The number of carbonyl (C=O) groups excluding carboxylic acids is 1. The summed E-state index contributed by atoms with van der Waals surface area (Å²) in [7, 11) is -5.23. The Hall–Kier alpha value is -2.06. The third-order valence-corrected chi connectivity index (χ3v) is 4.87. The number of nitrogens with zero attached hydrogens (tertiary/aromatic N) is 1. The maximum atomic E-state index is 13.2. The van der Waals surface area contributed by atoms with Crippen molar-refractivity contribution in [1.82, 2.24) is 0 Å². The van der Waals surface area contributed by atoms with Crippen LogP contribution in [-0.4, -0.2) is 32.5 Å². The molecule has 0 radical (unpaired) electrons. The Morgan fingerprint density at radius 3 is 2.48 bits per heavy atom. The summed E-state index contributed by atoms with van der Waals surface area (Å²) in [6.07, 6.45) is -0.597. The fraction of sp³-hybridized carbons (Fsp3) is 0.389. The van der Waals surface area contributed by atoms with Gasteiger partial charge in [-0.1, -0.05) is 28.2 Å². The Morgan fingerprint density at radius 2 is 1.93 bits per heavy atom. The highest BCUT2D eigenvalue weighted by molar-refractivity contribution is 7.81. The fourth-order valence-electron chi connectivity index (χ4n) is 3.20. The van der Waals surface area contributed by atoms with Gasteiger partial charge in [-0.15, -0.1) is 11.6 Å². The number of anilines is 1. The van der Waals surface area contributed by atoms with E-state index in [4.69, 9.17) is 16.3 Å². The van der Waals surface area contributed by atoms with Gasteiger partial charge in [0.1, 0.15) is 5.60 Å². The molecule has 27 heavy (non-hydrogen) atoms. The first kappa shape index (κ1) is 19.7. The van der Waals surface area contributed by atoms with Crippen LogP contribution in [0.2, 0.25) is 0 Å². The summed E-state index contributed by atoms with van der Waals surface area (Å²) in [6.45, 7) is 5.49. The van der Waals surface area contributed by atoms with Crippen LogP contribution in [-0.2, 0) is 15.2 Å². The fourth-order valence-corrected chi connectivity index (χ4v) is 3.81. The Labute approximate surface area is 162 Å². The molecule has 1 heterocycles. The van der Waals surface area contributed by atoms with Crippen molar-refractivity contribution in [3.8, 4) is 5.75 Å². The molecule has 0 fully saturated rings. The number of benzene rings is 2. The molecule has 0 bridgehead atoms. The van der Waals surface area contributed by atoms with Crippen LogP contribution in [0.5, 0.6) is 5.75 Å². The summed E-state index contributed by atoms with van der Waals surface area (Å²) in [5, 5.41) is 1.06. The lowest BCUT2D eigenvalue weighted by Gasteiger charge is -2.25. The van der Waals surface area contributed by atoms with E-state index in [-0.39, 0.29) is 24.1 Å². The summed E-state index contributed by atoms with van der Waals surface area (Å²) in [5.74, 6) is -0.136. The quantitative estimate of drug-likeness (QED) is 0.544. The number of halogens is 2. The van der Waals surface area contributed by atoms with Crippen LogP contribution in [0.1, 0.15) is 32.3 Å². The highest BCUT2D eigenvalue weighted by atomic mass is 35.5. The van der Waals surface area contributed by atoms with Gasteiger partial charge in [0.05, 0.1) is 5.69 Å². The van der Waals surface area contributed by atoms with Gasteiger partial charge < -0.3 is 8.92 Å². The van der Waals surface area contributed by atoms with E-state index in [1.54, 1.807) is 45.0 Å². The van der Waals surface area contributed by atoms with Crippen LogP contribution < -0.4 is 9.08 Å². The molecule has 0 saturated carbocycles. The van der Waals surface area contributed by atoms with Crippen molar-refractivity contribution in [2.24, 2.45) is 0 Å². The SMILES string of the molecule is CC(C)(C)OC(=O)N1C[C@@H](CCl)c2c1cc(OS(=O)(=O)F)c1ccccc21. The standard InChI is InChI=1S/C18H19ClFNO5S/c1-18(2,3)25-17(22)21-10-11(9-19)16-13-7-5-4-6-12(13)15(8-14(16)21)26-27(20,23)24/h4-8,11H,9-10H2,1-3H3/t11-/m1/s1. The predicted molar refractivity (Wildman–Crippen MR) is 102 cm³/mol.